The Morgan fingerprint density at radius 1 is 1.16 bits per heavy atom. The summed E-state index contributed by atoms with van der Waals surface area (Å²) in [5.74, 6) is 2.02. The number of furan rings is 1. The van der Waals surface area contributed by atoms with Crippen molar-refractivity contribution in [1.29, 1.82) is 0 Å². The van der Waals surface area contributed by atoms with E-state index >= 15 is 0 Å². The molecule has 19 heavy (non-hydrogen) atoms. The molecule has 3 heteroatoms. The van der Waals surface area contributed by atoms with Crippen LogP contribution in [0.4, 0.5) is 0 Å². The van der Waals surface area contributed by atoms with Crippen LogP contribution in [0.15, 0.2) is 45.9 Å². The lowest BCUT2D eigenvalue weighted by Crippen LogP contribution is -2.22. The van der Waals surface area contributed by atoms with Gasteiger partial charge in [-0.05, 0) is 32.0 Å². The first-order valence-electron chi connectivity index (χ1n) is 6.67. The lowest BCUT2D eigenvalue weighted by atomic mass is 10.1. The van der Waals surface area contributed by atoms with Gasteiger partial charge in [0, 0.05) is 16.7 Å². The molecule has 0 fully saturated rings. The highest BCUT2D eigenvalue weighted by Crippen LogP contribution is 2.28. The van der Waals surface area contributed by atoms with Crippen LogP contribution < -0.4 is 5.32 Å². The van der Waals surface area contributed by atoms with Crippen molar-refractivity contribution in [3.05, 3.63) is 53.5 Å². The van der Waals surface area contributed by atoms with E-state index in [-0.39, 0.29) is 0 Å². The van der Waals surface area contributed by atoms with Crippen molar-refractivity contribution in [1.82, 2.24) is 5.32 Å². The molecule has 1 unspecified atom stereocenters. The van der Waals surface area contributed by atoms with E-state index in [0.717, 1.165) is 18.1 Å². The van der Waals surface area contributed by atoms with E-state index in [1.807, 2.05) is 24.8 Å². The van der Waals surface area contributed by atoms with Crippen molar-refractivity contribution < 1.29 is 4.42 Å². The second kappa shape index (κ2) is 6.83. The van der Waals surface area contributed by atoms with Gasteiger partial charge >= 0.3 is 0 Å². The molecule has 102 valence electrons. The summed E-state index contributed by atoms with van der Waals surface area (Å²) in [6.07, 6.45) is 1.76. The summed E-state index contributed by atoms with van der Waals surface area (Å²) in [4.78, 5) is 1.23. The van der Waals surface area contributed by atoms with E-state index in [4.69, 9.17) is 4.42 Å². The number of hydrogen-bond donors (Lipinski definition) is 1. The van der Waals surface area contributed by atoms with Crippen molar-refractivity contribution in [3.63, 3.8) is 0 Å². The highest BCUT2D eigenvalue weighted by molar-refractivity contribution is 7.99. The highest BCUT2D eigenvalue weighted by Gasteiger charge is 2.12. The van der Waals surface area contributed by atoms with E-state index in [0.29, 0.717) is 6.04 Å². The van der Waals surface area contributed by atoms with E-state index in [2.05, 4.69) is 43.4 Å². The molecule has 1 aromatic carbocycles. The van der Waals surface area contributed by atoms with E-state index in [9.17, 15) is 0 Å². The van der Waals surface area contributed by atoms with Gasteiger partial charge in [-0.3, -0.25) is 0 Å². The van der Waals surface area contributed by atoms with Crippen LogP contribution in [-0.4, -0.2) is 12.3 Å². The van der Waals surface area contributed by atoms with Gasteiger partial charge in [0.15, 0.2) is 0 Å². The summed E-state index contributed by atoms with van der Waals surface area (Å²) in [6.45, 7) is 7.25. The maximum Gasteiger partial charge on any atom is 0.114 e. The molecule has 0 amide bonds. The fraction of sp³-hybridized carbons (Fsp3) is 0.375. The van der Waals surface area contributed by atoms with Crippen molar-refractivity contribution >= 4 is 11.8 Å². The van der Waals surface area contributed by atoms with Gasteiger partial charge in [0.05, 0.1) is 6.26 Å². The molecule has 0 radical (unpaired) electrons. The average Bonchev–Trinajstić information content (AvgIpc) is 2.81. The third-order valence-electron chi connectivity index (χ3n) is 3.15. The third kappa shape index (κ3) is 3.88. The van der Waals surface area contributed by atoms with Crippen LogP contribution >= 0.6 is 11.8 Å². The second-order valence-corrected chi connectivity index (χ2v) is 5.73. The van der Waals surface area contributed by atoms with Crippen LogP contribution in [-0.2, 0) is 0 Å². The SMILES string of the molecule is CCNC(CSc1ccoc1C)c1ccc(C)cc1. The van der Waals surface area contributed by atoms with Crippen LogP contribution in [0, 0.1) is 13.8 Å². The van der Waals surface area contributed by atoms with E-state index in [1.54, 1.807) is 6.26 Å². The monoisotopic (exact) mass is 275 g/mol. The van der Waals surface area contributed by atoms with Crippen molar-refractivity contribution in [2.45, 2.75) is 31.7 Å². The molecule has 0 saturated carbocycles. The largest absolute Gasteiger partial charge is 0.468 e. The first-order chi connectivity index (χ1) is 9.20. The first-order valence-corrected chi connectivity index (χ1v) is 7.66. The topological polar surface area (TPSA) is 25.2 Å². The summed E-state index contributed by atoms with van der Waals surface area (Å²) >= 11 is 1.84. The minimum atomic E-state index is 0.380. The Balaban J connectivity index is 2.04. The Kier molecular flexibility index (Phi) is 5.11. The van der Waals surface area contributed by atoms with Gasteiger partial charge in [0.25, 0.3) is 0 Å². The Bertz CT molecular complexity index is 504. The molecule has 2 aromatic rings. The summed E-state index contributed by atoms with van der Waals surface area (Å²) in [5.41, 5.74) is 2.65. The van der Waals surface area contributed by atoms with Gasteiger partial charge < -0.3 is 9.73 Å². The lowest BCUT2D eigenvalue weighted by Gasteiger charge is -2.18. The smallest absolute Gasteiger partial charge is 0.114 e. The summed E-state index contributed by atoms with van der Waals surface area (Å²) in [6, 6.07) is 11.2. The minimum Gasteiger partial charge on any atom is -0.468 e. The van der Waals surface area contributed by atoms with Crippen LogP contribution in [0.1, 0.15) is 29.9 Å². The molecular formula is C16H21NOS. The molecule has 2 rings (SSSR count). The predicted octanol–water partition coefficient (Wildman–Crippen LogP) is 4.34. The van der Waals surface area contributed by atoms with Gasteiger partial charge in [0.2, 0.25) is 0 Å². The van der Waals surface area contributed by atoms with Gasteiger partial charge in [-0.2, -0.15) is 0 Å². The normalized spacial score (nSPS) is 12.6. The number of aryl methyl sites for hydroxylation is 2. The lowest BCUT2D eigenvalue weighted by molar-refractivity contribution is 0.526. The number of benzene rings is 1. The van der Waals surface area contributed by atoms with Crippen molar-refractivity contribution in [2.75, 3.05) is 12.3 Å². The summed E-state index contributed by atoms with van der Waals surface area (Å²) in [7, 11) is 0. The molecule has 0 aliphatic rings. The summed E-state index contributed by atoms with van der Waals surface area (Å²) in [5, 5.41) is 3.55. The molecule has 2 nitrogen and oxygen atoms in total. The van der Waals surface area contributed by atoms with Gasteiger partial charge in [-0.1, -0.05) is 36.8 Å². The minimum absolute atomic E-state index is 0.380. The molecule has 1 aromatic heterocycles. The molecule has 0 aliphatic heterocycles. The fourth-order valence-corrected chi connectivity index (χ4v) is 3.07. The van der Waals surface area contributed by atoms with Crippen molar-refractivity contribution in [2.24, 2.45) is 0 Å². The molecule has 1 heterocycles. The zero-order valence-corrected chi connectivity index (χ0v) is 12.6. The predicted molar refractivity (Wildman–Crippen MR) is 81.8 cm³/mol. The summed E-state index contributed by atoms with van der Waals surface area (Å²) < 4.78 is 5.34. The van der Waals surface area contributed by atoms with Gasteiger partial charge in [-0.15, -0.1) is 11.8 Å². The maximum atomic E-state index is 5.34. The van der Waals surface area contributed by atoms with Crippen LogP contribution in [0.25, 0.3) is 0 Å². The molecule has 1 N–H and O–H groups in total. The maximum absolute atomic E-state index is 5.34. The number of rotatable bonds is 6. The Morgan fingerprint density at radius 3 is 2.47 bits per heavy atom. The fourth-order valence-electron chi connectivity index (χ4n) is 2.01. The highest BCUT2D eigenvalue weighted by atomic mass is 32.2. The molecule has 0 bridgehead atoms. The molecular weight excluding hydrogens is 254 g/mol. The molecule has 0 saturated heterocycles. The second-order valence-electron chi connectivity index (χ2n) is 4.67. The number of thioether (sulfide) groups is 1. The quantitative estimate of drug-likeness (QED) is 0.794. The van der Waals surface area contributed by atoms with Crippen LogP contribution in [0.2, 0.25) is 0 Å². The zero-order chi connectivity index (χ0) is 13.7. The van der Waals surface area contributed by atoms with Gasteiger partial charge in [0.1, 0.15) is 5.76 Å². The van der Waals surface area contributed by atoms with E-state index in [1.165, 1.54) is 16.0 Å². The molecule has 0 aliphatic carbocycles. The third-order valence-corrected chi connectivity index (χ3v) is 4.38. The van der Waals surface area contributed by atoms with Crippen LogP contribution in [0.3, 0.4) is 0 Å². The zero-order valence-electron chi connectivity index (χ0n) is 11.8. The standard InChI is InChI=1S/C16H21NOS/c1-4-17-15(14-7-5-12(2)6-8-14)11-19-16-9-10-18-13(16)3/h5-10,15,17H,4,11H2,1-3H3. The van der Waals surface area contributed by atoms with Crippen molar-refractivity contribution in [3.8, 4) is 0 Å². The Labute approximate surface area is 119 Å². The average molecular weight is 275 g/mol. The van der Waals surface area contributed by atoms with Gasteiger partial charge in [-0.25, -0.2) is 0 Å². The molecule has 1 atom stereocenters. The Morgan fingerprint density at radius 2 is 1.89 bits per heavy atom. The first kappa shape index (κ1) is 14.2. The van der Waals surface area contributed by atoms with Crippen LogP contribution in [0.5, 0.6) is 0 Å². The molecule has 0 spiro atoms. The number of hydrogen-bond acceptors (Lipinski definition) is 3. The number of nitrogens with one attached hydrogen (secondary N) is 1. The van der Waals surface area contributed by atoms with E-state index < -0.39 is 0 Å². The Hall–Kier alpha value is -1.19.